The highest BCUT2D eigenvalue weighted by Gasteiger charge is 2.19. The van der Waals surface area contributed by atoms with Crippen LogP contribution in [0.15, 0.2) is 93.9 Å². The second-order valence-electron chi connectivity index (χ2n) is 6.56. The molecule has 1 aromatic heterocycles. The van der Waals surface area contributed by atoms with Crippen molar-refractivity contribution in [2.75, 3.05) is 0 Å². The van der Waals surface area contributed by atoms with Gasteiger partial charge in [0.2, 0.25) is 0 Å². The fraction of sp³-hybridized carbons (Fsp3) is 0. The predicted octanol–water partition coefficient (Wildman–Crippen LogP) is 5.06. The zero-order valence-electron chi connectivity index (χ0n) is 16.3. The van der Waals surface area contributed by atoms with Gasteiger partial charge in [0.1, 0.15) is 0 Å². The zero-order valence-corrected chi connectivity index (χ0v) is 16.3. The second-order valence-corrected chi connectivity index (χ2v) is 6.56. The fourth-order valence-corrected chi connectivity index (χ4v) is 3.04. The van der Waals surface area contributed by atoms with Crippen LogP contribution in [-0.2, 0) is 0 Å². The molecule has 1 heterocycles. The summed E-state index contributed by atoms with van der Waals surface area (Å²) in [5.74, 6) is 0. The number of para-hydroxylation sites is 1. The number of hydrogen-bond acceptors (Lipinski definition) is 7. The summed E-state index contributed by atoms with van der Waals surface area (Å²) in [4.78, 5) is 34.2. The standard InChI is InChI=1S/C21H14N6O5/c28-21-20(23-22-17-8-4-5-9-18(17)27(31)32)19(14-6-2-1-3-7-14)24-25(21)15-10-12-16(13-11-15)26(29)30/h1-13,24H. The minimum atomic E-state index is -0.585. The van der Waals surface area contributed by atoms with Crippen LogP contribution in [0.5, 0.6) is 0 Å². The van der Waals surface area contributed by atoms with Crippen molar-refractivity contribution in [1.29, 1.82) is 0 Å². The van der Waals surface area contributed by atoms with E-state index in [-0.39, 0.29) is 22.7 Å². The molecule has 4 rings (SSSR count). The number of non-ortho nitro benzene ring substituents is 1. The van der Waals surface area contributed by atoms with E-state index in [0.29, 0.717) is 16.9 Å². The number of aromatic amines is 1. The Morgan fingerprint density at radius 2 is 1.44 bits per heavy atom. The van der Waals surface area contributed by atoms with E-state index in [0.717, 1.165) is 0 Å². The van der Waals surface area contributed by atoms with Gasteiger partial charge < -0.3 is 0 Å². The summed E-state index contributed by atoms with van der Waals surface area (Å²) in [6.45, 7) is 0. The lowest BCUT2D eigenvalue weighted by molar-refractivity contribution is -0.384. The van der Waals surface area contributed by atoms with Crippen LogP contribution in [0.2, 0.25) is 0 Å². The van der Waals surface area contributed by atoms with Gasteiger partial charge in [0.15, 0.2) is 11.4 Å². The first-order valence-corrected chi connectivity index (χ1v) is 9.26. The maximum absolute atomic E-state index is 13.1. The van der Waals surface area contributed by atoms with Gasteiger partial charge in [-0.05, 0) is 18.2 Å². The summed E-state index contributed by atoms with van der Waals surface area (Å²) in [6, 6.07) is 20.1. The lowest BCUT2D eigenvalue weighted by Crippen LogP contribution is -2.13. The van der Waals surface area contributed by atoms with Gasteiger partial charge in [0.25, 0.3) is 16.9 Å². The van der Waals surface area contributed by atoms with E-state index in [9.17, 15) is 25.0 Å². The van der Waals surface area contributed by atoms with Crippen LogP contribution in [-0.4, -0.2) is 19.6 Å². The van der Waals surface area contributed by atoms with Gasteiger partial charge in [-0.15, -0.1) is 10.2 Å². The van der Waals surface area contributed by atoms with Crippen LogP contribution >= 0.6 is 0 Å². The van der Waals surface area contributed by atoms with Crippen molar-refractivity contribution in [1.82, 2.24) is 9.78 Å². The van der Waals surface area contributed by atoms with Crippen LogP contribution in [0.1, 0.15) is 0 Å². The molecule has 1 N–H and O–H groups in total. The minimum absolute atomic E-state index is 0.000928. The normalized spacial score (nSPS) is 11.0. The predicted molar refractivity (Wildman–Crippen MR) is 116 cm³/mol. The van der Waals surface area contributed by atoms with Crippen LogP contribution in [0.25, 0.3) is 16.9 Å². The fourth-order valence-electron chi connectivity index (χ4n) is 3.04. The monoisotopic (exact) mass is 430 g/mol. The van der Waals surface area contributed by atoms with Crippen LogP contribution in [0.4, 0.5) is 22.7 Å². The summed E-state index contributed by atoms with van der Waals surface area (Å²) < 4.78 is 1.18. The minimum Gasteiger partial charge on any atom is -0.288 e. The molecule has 11 heteroatoms. The number of nitro groups is 2. The van der Waals surface area contributed by atoms with E-state index in [4.69, 9.17) is 0 Å². The van der Waals surface area contributed by atoms with E-state index in [2.05, 4.69) is 15.3 Å². The van der Waals surface area contributed by atoms with Gasteiger partial charge in [-0.1, -0.05) is 42.5 Å². The topological polar surface area (TPSA) is 149 Å². The number of H-pyrrole nitrogens is 1. The number of azo groups is 1. The van der Waals surface area contributed by atoms with Crippen molar-refractivity contribution >= 4 is 22.7 Å². The van der Waals surface area contributed by atoms with Crippen molar-refractivity contribution in [2.24, 2.45) is 10.2 Å². The SMILES string of the molecule is O=c1c(N=Nc2ccccc2[N+](=O)[O-])c(-c2ccccc2)[nH]n1-c1ccc([N+](=O)[O-])cc1. The Bertz CT molecular complexity index is 1390. The maximum Gasteiger partial charge on any atom is 0.299 e. The van der Waals surface area contributed by atoms with Gasteiger partial charge >= 0.3 is 0 Å². The molecule has 0 unspecified atom stereocenters. The number of rotatable bonds is 6. The molecule has 0 amide bonds. The Morgan fingerprint density at radius 1 is 0.781 bits per heavy atom. The molecule has 0 saturated heterocycles. The van der Waals surface area contributed by atoms with Gasteiger partial charge in [-0.25, -0.2) is 4.68 Å². The summed E-state index contributed by atoms with van der Waals surface area (Å²) in [5.41, 5.74) is 0.339. The first-order valence-electron chi connectivity index (χ1n) is 9.26. The van der Waals surface area contributed by atoms with Gasteiger partial charge in [-0.2, -0.15) is 0 Å². The summed E-state index contributed by atoms with van der Waals surface area (Å²) >= 11 is 0. The molecule has 0 aliphatic carbocycles. The molecular formula is C21H14N6O5. The lowest BCUT2D eigenvalue weighted by Gasteiger charge is -2.01. The summed E-state index contributed by atoms with van der Waals surface area (Å²) in [5, 5.41) is 33.1. The van der Waals surface area contributed by atoms with Crippen molar-refractivity contribution in [3.8, 4) is 16.9 Å². The molecule has 0 atom stereocenters. The number of aromatic nitrogens is 2. The third-order valence-electron chi connectivity index (χ3n) is 4.58. The van der Waals surface area contributed by atoms with Gasteiger partial charge in [-0.3, -0.25) is 30.1 Å². The van der Waals surface area contributed by atoms with Gasteiger partial charge in [0.05, 0.1) is 21.2 Å². The van der Waals surface area contributed by atoms with Crippen LogP contribution in [0, 0.1) is 20.2 Å². The molecule has 0 aliphatic heterocycles. The first kappa shape index (κ1) is 20.3. The number of nitrogens with one attached hydrogen (secondary N) is 1. The summed E-state index contributed by atoms with van der Waals surface area (Å²) in [7, 11) is 0. The molecule has 0 aliphatic rings. The molecular weight excluding hydrogens is 416 g/mol. The van der Waals surface area contributed by atoms with Crippen molar-refractivity contribution in [2.45, 2.75) is 0 Å². The Labute approximate surface area is 179 Å². The average molecular weight is 430 g/mol. The molecule has 32 heavy (non-hydrogen) atoms. The largest absolute Gasteiger partial charge is 0.299 e. The highest BCUT2D eigenvalue weighted by atomic mass is 16.6. The van der Waals surface area contributed by atoms with Crippen molar-refractivity contribution < 1.29 is 9.85 Å². The average Bonchev–Trinajstić information content (AvgIpc) is 3.14. The van der Waals surface area contributed by atoms with E-state index in [1.165, 1.54) is 47.1 Å². The molecule has 3 aromatic carbocycles. The molecule has 4 aromatic rings. The maximum atomic E-state index is 13.1. The van der Waals surface area contributed by atoms with Gasteiger partial charge in [0, 0.05) is 23.8 Å². The van der Waals surface area contributed by atoms with Crippen LogP contribution < -0.4 is 5.56 Å². The molecule has 0 bridgehead atoms. The molecule has 0 radical (unpaired) electrons. The van der Waals surface area contributed by atoms with Crippen molar-refractivity contribution in [3.63, 3.8) is 0 Å². The molecule has 0 spiro atoms. The zero-order chi connectivity index (χ0) is 22.7. The molecule has 11 nitrogen and oxygen atoms in total. The lowest BCUT2D eigenvalue weighted by atomic mass is 10.1. The Kier molecular flexibility index (Phi) is 5.36. The number of hydrogen-bond donors (Lipinski definition) is 1. The Balaban J connectivity index is 1.85. The Morgan fingerprint density at radius 3 is 2.09 bits per heavy atom. The number of benzene rings is 3. The van der Waals surface area contributed by atoms with Crippen molar-refractivity contribution in [3.05, 3.63) is 109 Å². The highest BCUT2D eigenvalue weighted by molar-refractivity contribution is 5.72. The quantitative estimate of drug-likeness (QED) is 0.258. The summed E-state index contributed by atoms with van der Waals surface area (Å²) in [6.07, 6.45) is 0. The van der Waals surface area contributed by atoms with E-state index >= 15 is 0 Å². The third kappa shape index (κ3) is 3.89. The molecule has 0 saturated carbocycles. The smallest absolute Gasteiger partial charge is 0.288 e. The molecule has 158 valence electrons. The van der Waals surface area contributed by atoms with Crippen LogP contribution in [0.3, 0.4) is 0 Å². The first-order chi connectivity index (χ1) is 15.5. The number of nitrogens with zero attached hydrogens (tertiary/aromatic N) is 5. The Hall–Kier alpha value is -4.93. The molecule has 0 fully saturated rings. The number of nitro benzene ring substituents is 2. The second kappa shape index (κ2) is 8.44. The van der Waals surface area contributed by atoms with E-state index < -0.39 is 15.4 Å². The highest BCUT2D eigenvalue weighted by Crippen LogP contribution is 2.31. The van der Waals surface area contributed by atoms with E-state index in [1.807, 2.05) is 6.07 Å². The van der Waals surface area contributed by atoms with E-state index in [1.54, 1.807) is 30.3 Å². The third-order valence-corrected chi connectivity index (χ3v) is 4.58.